The van der Waals surface area contributed by atoms with Crippen molar-refractivity contribution in [1.29, 1.82) is 0 Å². The van der Waals surface area contributed by atoms with Gasteiger partial charge in [0, 0.05) is 37.6 Å². The van der Waals surface area contributed by atoms with Gasteiger partial charge >= 0.3 is 0 Å². The van der Waals surface area contributed by atoms with Crippen LogP contribution < -0.4 is 14.9 Å². The quantitative estimate of drug-likeness (QED) is 0.801. The molecule has 1 aliphatic rings. The van der Waals surface area contributed by atoms with Gasteiger partial charge in [-0.15, -0.1) is 0 Å². The number of aromatic nitrogens is 1. The summed E-state index contributed by atoms with van der Waals surface area (Å²) >= 11 is 0. The first-order chi connectivity index (χ1) is 12.4. The van der Waals surface area contributed by atoms with Crippen LogP contribution in [0.25, 0.3) is 0 Å². The maximum Gasteiger partial charge on any atom is 0.241 e. The van der Waals surface area contributed by atoms with Gasteiger partial charge in [-0.25, -0.2) is 26.9 Å². The largest absolute Gasteiger partial charge is 0.371 e. The van der Waals surface area contributed by atoms with Gasteiger partial charge in [0.15, 0.2) is 11.6 Å². The number of rotatable bonds is 6. The van der Waals surface area contributed by atoms with E-state index < -0.39 is 21.7 Å². The van der Waals surface area contributed by atoms with Crippen LogP contribution in [0.3, 0.4) is 0 Å². The number of hydrogen-bond donors (Lipinski definition) is 2. The van der Waals surface area contributed by atoms with Gasteiger partial charge in [0.05, 0.1) is 0 Å². The second-order valence-electron chi connectivity index (χ2n) is 6.17. The number of halogens is 2. The van der Waals surface area contributed by atoms with Crippen LogP contribution in [-0.4, -0.2) is 40.1 Å². The third-order valence-electron chi connectivity index (χ3n) is 4.44. The first kappa shape index (κ1) is 18.5. The SMILES string of the molecule is CNS(=O)(=O)c1ccc(NCC2CCN(c3ccc(F)c(F)c3)C2)nc1. The molecular formula is C17H20F2N4O2S. The lowest BCUT2D eigenvalue weighted by atomic mass is 10.1. The molecule has 1 unspecified atom stereocenters. The average molecular weight is 382 g/mol. The highest BCUT2D eigenvalue weighted by atomic mass is 32.2. The Kier molecular flexibility index (Phi) is 5.38. The Bertz CT molecular complexity index is 875. The lowest BCUT2D eigenvalue weighted by Gasteiger charge is -2.19. The highest BCUT2D eigenvalue weighted by Crippen LogP contribution is 2.25. The van der Waals surface area contributed by atoms with Gasteiger partial charge in [-0.1, -0.05) is 0 Å². The van der Waals surface area contributed by atoms with E-state index in [9.17, 15) is 17.2 Å². The summed E-state index contributed by atoms with van der Waals surface area (Å²) in [4.78, 5) is 6.24. The molecule has 26 heavy (non-hydrogen) atoms. The van der Waals surface area contributed by atoms with Crippen LogP contribution in [0.15, 0.2) is 41.4 Å². The number of benzene rings is 1. The highest BCUT2D eigenvalue weighted by Gasteiger charge is 2.23. The van der Waals surface area contributed by atoms with Gasteiger partial charge in [0.2, 0.25) is 10.0 Å². The zero-order chi connectivity index (χ0) is 18.7. The summed E-state index contributed by atoms with van der Waals surface area (Å²) in [6.07, 6.45) is 2.22. The van der Waals surface area contributed by atoms with E-state index in [0.29, 0.717) is 24.0 Å². The van der Waals surface area contributed by atoms with Crippen LogP contribution in [-0.2, 0) is 10.0 Å². The molecule has 0 aliphatic carbocycles. The minimum Gasteiger partial charge on any atom is -0.371 e. The van der Waals surface area contributed by atoms with Gasteiger partial charge < -0.3 is 10.2 Å². The summed E-state index contributed by atoms with van der Waals surface area (Å²) in [7, 11) is -2.15. The Morgan fingerprint density at radius 3 is 2.69 bits per heavy atom. The zero-order valence-corrected chi connectivity index (χ0v) is 15.1. The van der Waals surface area contributed by atoms with Crippen molar-refractivity contribution in [3.8, 4) is 0 Å². The second-order valence-corrected chi connectivity index (χ2v) is 8.05. The van der Waals surface area contributed by atoms with Gasteiger partial charge in [-0.05, 0) is 43.7 Å². The topological polar surface area (TPSA) is 74.3 Å². The molecule has 0 spiro atoms. The maximum atomic E-state index is 13.4. The summed E-state index contributed by atoms with van der Waals surface area (Å²) in [5.41, 5.74) is 0.672. The molecule has 0 bridgehead atoms. The minimum atomic E-state index is -3.49. The van der Waals surface area contributed by atoms with E-state index in [-0.39, 0.29) is 4.90 Å². The first-order valence-corrected chi connectivity index (χ1v) is 9.71. The van der Waals surface area contributed by atoms with Crippen molar-refractivity contribution >= 4 is 21.5 Å². The van der Waals surface area contributed by atoms with E-state index in [1.165, 1.54) is 25.4 Å². The fourth-order valence-corrected chi connectivity index (χ4v) is 3.60. The predicted molar refractivity (Wildman–Crippen MR) is 95.7 cm³/mol. The van der Waals surface area contributed by atoms with Gasteiger partial charge in [0.25, 0.3) is 0 Å². The molecule has 2 heterocycles. The summed E-state index contributed by atoms with van der Waals surface area (Å²) in [5, 5.41) is 3.19. The predicted octanol–water partition coefficient (Wildman–Crippen LogP) is 2.21. The van der Waals surface area contributed by atoms with Gasteiger partial charge in [-0.2, -0.15) is 0 Å². The normalized spacial score (nSPS) is 17.5. The second kappa shape index (κ2) is 7.55. The Morgan fingerprint density at radius 1 is 1.23 bits per heavy atom. The molecule has 0 amide bonds. The summed E-state index contributed by atoms with van der Waals surface area (Å²) in [6.45, 7) is 2.15. The van der Waals surface area contributed by atoms with Crippen molar-refractivity contribution in [2.75, 3.05) is 36.9 Å². The van der Waals surface area contributed by atoms with Crippen LogP contribution in [0, 0.1) is 17.6 Å². The minimum absolute atomic E-state index is 0.107. The fraction of sp³-hybridized carbons (Fsp3) is 0.353. The fourth-order valence-electron chi connectivity index (χ4n) is 2.93. The molecule has 2 aromatic rings. The van der Waals surface area contributed by atoms with E-state index in [1.807, 2.05) is 4.90 Å². The molecule has 1 saturated heterocycles. The van der Waals surface area contributed by atoms with E-state index in [2.05, 4.69) is 15.0 Å². The third kappa shape index (κ3) is 4.10. The number of pyridine rings is 1. The molecule has 1 aromatic carbocycles. The summed E-state index contributed by atoms with van der Waals surface area (Å²) < 4.78 is 52.0. The van der Waals surface area contributed by atoms with Crippen molar-refractivity contribution in [1.82, 2.24) is 9.71 Å². The van der Waals surface area contributed by atoms with E-state index >= 15 is 0 Å². The highest BCUT2D eigenvalue weighted by molar-refractivity contribution is 7.89. The van der Waals surface area contributed by atoms with E-state index in [0.717, 1.165) is 25.6 Å². The number of nitrogens with one attached hydrogen (secondary N) is 2. The molecule has 140 valence electrons. The van der Waals surface area contributed by atoms with Crippen LogP contribution in [0.5, 0.6) is 0 Å². The zero-order valence-electron chi connectivity index (χ0n) is 14.2. The van der Waals surface area contributed by atoms with Gasteiger partial charge in [0.1, 0.15) is 10.7 Å². The molecular weight excluding hydrogens is 362 g/mol. The first-order valence-electron chi connectivity index (χ1n) is 8.22. The molecule has 3 rings (SSSR count). The average Bonchev–Trinajstić information content (AvgIpc) is 3.11. The van der Waals surface area contributed by atoms with Gasteiger partial charge in [-0.3, -0.25) is 0 Å². The Hall–Kier alpha value is -2.26. The number of sulfonamides is 1. The van der Waals surface area contributed by atoms with Crippen molar-refractivity contribution < 1.29 is 17.2 Å². The maximum absolute atomic E-state index is 13.4. The molecule has 2 N–H and O–H groups in total. The standard InChI is InChI=1S/C17H20F2N4O2S/c1-20-26(24,25)14-3-5-17(22-10-14)21-9-12-6-7-23(11-12)13-2-4-15(18)16(19)8-13/h2-5,8,10,12,20H,6-7,9,11H2,1H3,(H,21,22). The van der Waals surface area contributed by atoms with Crippen molar-refractivity contribution in [3.05, 3.63) is 48.2 Å². The lowest BCUT2D eigenvalue weighted by molar-refractivity contribution is 0.508. The number of nitrogens with zero attached hydrogens (tertiary/aromatic N) is 2. The van der Waals surface area contributed by atoms with Crippen LogP contribution in [0.4, 0.5) is 20.3 Å². The molecule has 0 radical (unpaired) electrons. The van der Waals surface area contributed by atoms with E-state index in [4.69, 9.17) is 0 Å². The summed E-state index contributed by atoms with van der Waals surface area (Å²) in [5.74, 6) is -0.775. The molecule has 0 saturated carbocycles. The lowest BCUT2D eigenvalue weighted by Crippen LogP contribution is -2.23. The van der Waals surface area contributed by atoms with Crippen LogP contribution in [0.2, 0.25) is 0 Å². The summed E-state index contributed by atoms with van der Waals surface area (Å²) in [6, 6.07) is 7.04. The monoisotopic (exact) mass is 382 g/mol. The van der Waals surface area contributed by atoms with E-state index in [1.54, 1.807) is 12.1 Å². The number of anilines is 2. The molecule has 1 aliphatic heterocycles. The molecule has 1 atom stereocenters. The molecule has 6 nitrogen and oxygen atoms in total. The number of hydrogen-bond acceptors (Lipinski definition) is 5. The van der Waals surface area contributed by atoms with Crippen molar-refractivity contribution in [3.63, 3.8) is 0 Å². The Balaban J connectivity index is 1.55. The molecule has 1 fully saturated rings. The van der Waals surface area contributed by atoms with Crippen molar-refractivity contribution in [2.24, 2.45) is 5.92 Å². The van der Waals surface area contributed by atoms with Crippen molar-refractivity contribution in [2.45, 2.75) is 11.3 Å². The van der Waals surface area contributed by atoms with Crippen LogP contribution in [0.1, 0.15) is 6.42 Å². The third-order valence-corrected chi connectivity index (χ3v) is 5.84. The smallest absolute Gasteiger partial charge is 0.241 e. The Morgan fingerprint density at radius 2 is 2.04 bits per heavy atom. The Labute approximate surface area is 151 Å². The molecule has 1 aromatic heterocycles. The van der Waals surface area contributed by atoms with Crippen LogP contribution >= 0.6 is 0 Å². The molecule has 9 heteroatoms.